The van der Waals surface area contributed by atoms with Gasteiger partial charge in [0.05, 0.1) is 6.10 Å². The number of β-amino-alcohol motifs (C(OH)–C–C–N with tert-alkyl or cyclic N) is 1. The molecule has 2 fully saturated rings. The highest BCUT2D eigenvalue weighted by Gasteiger charge is 2.24. The molecule has 1 saturated carbocycles. The number of nitrogens with one attached hydrogen (secondary N) is 1. The van der Waals surface area contributed by atoms with E-state index in [1.54, 1.807) is 0 Å². The van der Waals surface area contributed by atoms with Gasteiger partial charge in [0.25, 0.3) is 0 Å². The number of hydrogen-bond acceptors (Lipinski definition) is 3. The van der Waals surface area contributed by atoms with Gasteiger partial charge in [0, 0.05) is 25.2 Å². The standard InChI is InChI=1S/C12H24N2O/c1-10-4-2-3-7-14(10)9-12(15)8-13-11-5-6-11/h10-13,15H,2-9H2,1H3. The summed E-state index contributed by atoms with van der Waals surface area (Å²) in [5, 5.41) is 13.3. The summed E-state index contributed by atoms with van der Waals surface area (Å²) >= 11 is 0. The topological polar surface area (TPSA) is 35.5 Å². The quantitative estimate of drug-likeness (QED) is 0.713. The maximum atomic E-state index is 9.89. The number of piperidine rings is 1. The van der Waals surface area contributed by atoms with Crippen LogP contribution in [0.5, 0.6) is 0 Å². The zero-order valence-corrected chi connectivity index (χ0v) is 9.78. The second-order valence-electron chi connectivity index (χ2n) is 5.18. The first kappa shape index (κ1) is 11.4. The van der Waals surface area contributed by atoms with Crippen LogP contribution in [0.4, 0.5) is 0 Å². The Kier molecular flexibility index (Phi) is 4.00. The van der Waals surface area contributed by atoms with E-state index in [9.17, 15) is 5.11 Å². The van der Waals surface area contributed by atoms with Gasteiger partial charge in [-0.05, 0) is 39.2 Å². The summed E-state index contributed by atoms with van der Waals surface area (Å²) in [7, 11) is 0. The van der Waals surface area contributed by atoms with Crippen LogP contribution in [0.1, 0.15) is 39.0 Å². The highest BCUT2D eigenvalue weighted by atomic mass is 16.3. The first-order valence-electron chi connectivity index (χ1n) is 6.41. The molecule has 1 heterocycles. The highest BCUT2D eigenvalue weighted by molar-refractivity contribution is 4.83. The Labute approximate surface area is 92.8 Å². The smallest absolute Gasteiger partial charge is 0.0791 e. The minimum atomic E-state index is -0.189. The van der Waals surface area contributed by atoms with Crippen molar-refractivity contribution < 1.29 is 5.11 Å². The van der Waals surface area contributed by atoms with Gasteiger partial charge in [0.1, 0.15) is 0 Å². The second kappa shape index (κ2) is 5.28. The Hall–Kier alpha value is -0.120. The van der Waals surface area contributed by atoms with Crippen molar-refractivity contribution in [3.8, 4) is 0 Å². The average Bonchev–Trinajstić information content (AvgIpc) is 3.02. The number of aliphatic hydroxyl groups excluding tert-OH is 1. The summed E-state index contributed by atoms with van der Waals surface area (Å²) in [6.45, 7) is 5.07. The lowest BCUT2D eigenvalue weighted by molar-refractivity contribution is 0.0730. The van der Waals surface area contributed by atoms with Gasteiger partial charge in [-0.15, -0.1) is 0 Å². The molecule has 15 heavy (non-hydrogen) atoms. The van der Waals surface area contributed by atoms with Crippen LogP contribution < -0.4 is 5.32 Å². The van der Waals surface area contributed by atoms with Crippen molar-refractivity contribution >= 4 is 0 Å². The number of nitrogens with zero attached hydrogens (tertiary/aromatic N) is 1. The monoisotopic (exact) mass is 212 g/mol. The fourth-order valence-corrected chi connectivity index (χ4v) is 2.35. The van der Waals surface area contributed by atoms with Crippen LogP contribution in [-0.2, 0) is 0 Å². The molecule has 0 amide bonds. The third kappa shape index (κ3) is 3.74. The zero-order chi connectivity index (χ0) is 10.7. The number of aliphatic hydroxyl groups is 1. The molecule has 1 aliphatic carbocycles. The van der Waals surface area contributed by atoms with E-state index in [1.165, 1.54) is 38.6 Å². The molecule has 88 valence electrons. The van der Waals surface area contributed by atoms with Crippen LogP contribution in [0.25, 0.3) is 0 Å². The maximum absolute atomic E-state index is 9.89. The summed E-state index contributed by atoms with van der Waals surface area (Å²) in [5.74, 6) is 0. The molecular formula is C12H24N2O. The van der Waals surface area contributed by atoms with Crippen LogP contribution in [0.15, 0.2) is 0 Å². The van der Waals surface area contributed by atoms with E-state index < -0.39 is 0 Å². The molecule has 0 bridgehead atoms. The predicted molar refractivity (Wildman–Crippen MR) is 61.9 cm³/mol. The molecule has 0 aromatic heterocycles. The SMILES string of the molecule is CC1CCCCN1CC(O)CNC1CC1. The van der Waals surface area contributed by atoms with Crippen molar-refractivity contribution in [2.24, 2.45) is 0 Å². The molecule has 2 rings (SSSR count). The van der Waals surface area contributed by atoms with Crippen molar-refractivity contribution in [2.75, 3.05) is 19.6 Å². The fourth-order valence-electron chi connectivity index (χ4n) is 2.35. The third-order valence-electron chi connectivity index (χ3n) is 3.61. The van der Waals surface area contributed by atoms with Gasteiger partial charge in [-0.3, -0.25) is 4.90 Å². The number of likely N-dealkylation sites (tertiary alicyclic amines) is 1. The molecule has 0 aromatic rings. The van der Waals surface area contributed by atoms with Gasteiger partial charge in [0.15, 0.2) is 0 Å². The van der Waals surface area contributed by atoms with Crippen LogP contribution in [0, 0.1) is 0 Å². The maximum Gasteiger partial charge on any atom is 0.0791 e. The molecule has 0 spiro atoms. The van der Waals surface area contributed by atoms with Crippen molar-refractivity contribution in [3.05, 3.63) is 0 Å². The third-order valence-corrected chi connectivity index (χ3v) is 3.61. The molecule has 2 unspecified atom stereocenters. The first-order valence-corrected chi connectivity index (χ1v) is 6.41. The minimum Gasteiger partial charge on any atom is -0.390 e. The Morgan fingerprint density at radius 2 is 2.13 bits per heavy atom. The van der Waals surface area contributed by atoms with E-state index in [0.29, 0.717) is 12.1 Å². The molecule has 0 aromatic carbocycles. The summed E-state index contributed by atoms with van der Waals surface area (Å²) in [6, 6.07) is 1.37. The lowest BCUT2D eigenvalue weighted by Crippen LogP contribution is -2.45. The molecule has 3 heteroatoms. The normalized spacial score (nSPS) is 30.4. The molecule has 2 atom stereocenters. The minimum absolute atomic E-state index is 0.189. The van der Waals surface area contributed by atoms with E-state index >= 15 is 0 Å². The van der Waals surface area contributed by atoms with Gasteiger partial charge >= 0.3 is 0 Å². The predicted octanol–water partition coefficient (Wildman–Crippen LogP) is 0.974. The van der Waals surface area contributed by atoms with Crippen LogP contribution in [-0.4, -0.2) is 47.8 Å². The van der Waals surface area contributed by atoms with Crippen molar-refractivity contribution in [1.29, 1.82) is 0 Å². The Bertz CT molecular complexity index is 194. The lowest BCUT2D eigenvalue weighted by atomic mass is 10.0. The van der Waals surface area contributed by atoms with Crippen LogP contribution in [0.2, 0.25) is 0 Å². The van der Waals surface area contributed by atoms with Crippen LogP contribution >= 0.6 is 0 Å². The van der Waals surface area contributed by atoms with E-state index in [4.69, 9.17) is 0 Å². The van der Waals surface area contributed by atoms with E-state index in [1.807, 2.05) is 0 Å². The van der Waals surface area contributed by atoms with Gasteiger partial charge < -0.3 is 10.4 Å². The molecule has 2 aliphatic rings. The zero-order valence-electron chi connectivity index (χ0n) is 9.78. The fraction of sp³-hybridized carbons (Fsp3) is 1.00. The van der Waals surface area contributed by atoms with Crippen LogP contribution in [0.3, 0.4) is 0 Å². The lowest BCUT2D eigenvalue weighted by Gasteiger charge is -2.34. The Morgan fingerprint density at radius 3 is 2.80 bits per heavy atom. The molecule has 3 nitrogen and oxygen atoms in total. The average molecular weight is 212 g/mol. The first-order chi connectivity index (χ1) is 7.25. The van der Waals surface area contributed by atoms with Gasteiger partial charge in [-0.25, -0.2) is 0 Å². The summed E-state index contributed by atoms with van der Waals surface area (Å²) in [4.78, 5) is 2.43. The molecular weight excluding hydrogens is 188 g/mol. The van der Waals surface area contributed by atoms with Gasteiger partial charge in [0.2, 0.25) is 0 Å². The van der Waals surface area contributed by atoms with Crippen molar-refractivity contribution in [3.63, 3.8) is 0 Å². The largest absolute Gasteiger partial charge is 0.390 e. The van der Waals surface area contributed by atoms with Crippen molar-refractivity contribution in [1.82, 2.24) is 10.2 Å². The van der Waals surface area contributed by atoms with Gasteiger partial charge in [-0.2, -0.15) is 0 Å². The summed E-state index contributed by atoms with van der Waals surface area (Å²) < 4.78 is 0. The highest BCUT2D eigenvalue weighted by Crippen LogP contribution is 2.19. The van der Waals surface area contributed by atoms with Crippen molar-refractivity contribution in [2.45, 2.75) is 57.2 Å². The van der Waals surface area contributed by atoms with E-state index in [-0.39, 0.29) is 6.10 Å². The second-order valence-corrected chi connectivity index (χ2v) is 5.18. The number of rotatable bonds is 5. The summed E-state index contributed by atoms with van der Waals surface area (Å²) in [6.07, 6.45) is 6.36. The van der Waals surface area contributed by atoms with E-state index in [0.717, 1.165) is 13.1 Å². The van der Waals surface area contributed by atoms with E-state index in [2.05, 4.69) is 17.1 Å². The number of hydrogen-bond donors (Lipinski definition) is 2. The molecule has 2 N–H and O–H groups in total. The Balaban J connectivity index is 1.64. The molecule has 0 radical (unpaired) electrons. The summed E-state index contributed by atoms with van der Waals surface area (Å²) in [5.41, 5.74) is 0. The molecule has 1 aliphatic heterocycles. The molecule has 1 saturated heterocycles. The van der Waals surface area contributed by atoms with Gasteiger partial charge in [-0.1, -0.05) is 6.42 Å². The Morgan fingerprint density at radius 1 is 1.33 bits per heavy atom.